The van der Waals surface area contributed by atoms with Gasteiger partial charge in [0.1, 0.15) is 23.0 Å². The number of fused-ring (bicyclic) bond motifs is 1. The van der Waals surface area contributed by atoms with Crippen LogP contribution in [0, 0.1) is 5.82 Å². The molecule has 2 aromatic carbocycles. The maximum atomic E-state index is 13.2. The number of halogens is 1. The molecule has 0 aliphatic heterocycles. The van der Waals surface area contributed by atoms with Gasteiger partial charge in [-0.3, -0.25) is 0 Å². The maximum Gasteiger partial charge on any atom is 0.178 e. The fourth-order valence-electron chi connectivity index (χ4n) is 2.65. The number of benzene rings is 2. The number of hydrogen-bond acceptors (Lipinski definition) is 4. The molecule has 0 unspecified atom stereocenters. The van der Waals surface area contributed by atoms with Gasteiger partial charge >= 0.3 is 0 Å². The van der Waals surface area contributed by atoms with E-state index in [-0.39, 0.29) is 5.82 Å². The van der Waals surface area contributed by atoms with Crippen molar-refractivity contribution in [1.29, 1.82) is 0 Å². The molecule has 2 aromatic heterocycles. The predicted molar refractivity (Wildman–Crippen MR) is 94.7 cm³/mol. The molecule has 4 rings (SSSR count). The van der Waals surface area contributed by atoms with Gasteiger partial charge < -0.3 is 4.74 Å². The standard InChI is InChI=1S/C20H14FN3O/c1-25-18-11-10-17(23-19(18)13-6-8-15(21)9-7-13)20-22-12-14-4-2-3-5-16(14)24-20/h2-12H,1H3. The van der Waals surface area contributed by atoms with Crippen LogP contribution in [0.5, 0.6) is 5.75 Å². The predicted octanol–water partition coefficient (Wildman–Crippen LogP) is 4.51. The molecule has 0 saturated carbocycles. The van der Waals surface area contributed by atoms with Gasteiger partial charge in [0.25, 0.3) is 0 Å². The Morgan fingerprint density at radius 3 is 2.48 bits per heavy atom. The highest BCUT2D eigenvalue weighted by Crippen LogP contribution is 2.30. The van der Waals surface area contributed by atoms with E-state index in [9.17, 15) is 4.39 Å². The highest BCUT2D eigenvalue weighted by molar-refractivity contribution is 5.79. The summed E-state index contributed by atoms with van der Waals surface area (Å²) < 4.78 is 18.6. The molecule has 5 heteroatoms. The van der Waals surface area contributed by atoms with Crippen LogP contribution in [0.2, 0.25) is 0 Å². The Bertz CT molecular complexity index is 1050. The number of nitrogens with zero attached hydrogens (tertiary/aromatic N) is 3. The summed E-state index contributed by atoms with van der Waals surface area (Å²) in [6, 6.07) is 17.6. The van der Waals surface area contributed by atoms with Crippen LogP contribution in [0.4, 0.5) is 4.39 Å². The van der Waals surface area contributed by atoms with E-state index >= 15 is 0 Å². The lowest BCUT2D eigenvalue weighted by Crippen LogP contribution is -1.97. The molecule has 0 amide bonds. The van der Waals surface area contributed by atoms with E-state index in [0.717, 1.165) is 16.5 Å². The van der Waals surface area contributed by atoms with Crippen molar-refractivity contribution in [3.63, 3.8) is 0 Å². The minimum absolute atomic E-state index is 0.295. The van der Waals surface area contributed by atoms with Crippen LogP contribution in [0.3, 0.4) is 0 Å². The van der Waals surface area contributed by atoms with E-state index < -0.39 is 0 Å². The maximum absolute atomic E-state index is 13.2. The zero-order valence-electron chi connectivity index (χ0n) is 13.5. The first kappa shape index (κ1) is 15.2. The van der Waals surface area contributed by atoms with Crippen molar-refractivity contribution in [1.82, 2.24) is 15.0 Å². The number of ether oxygens (including phenoxy) is 1. The minimum atomic E-state index is -0.295. The second-order valence-electron chi connectivity index (χ2n) is 5.51. The SMILES string of the molecule is COc1ccc(-c2ncc3ccccc3n2)nc1-c1ccc(F)cc1. The summed E-state index contributed by atoms with van der Waals surface area (Å²) in [6.45, 7) is 0. The van der Waals surface area contributed by atoms with Crippen LogP contribution in [-0.4, -0.2) is 22.1 Å². The summed E-state index contributed by atoms with van der Waals surface area (Å²) in [5, 5.41) is 0.971. The molecule has 122 valence electrons. The van der Waals surface area contributed by atoms with Gasteiger partial charge in [0.2, 0.25) is 0 Å². The smallest absolute Gasteiger partial charge is 0.178 e. The summed E-state index contributed by atoms with van der Waals surface area (Å²) in [4.78, 5) is 13.6. The van der Waals surface area contributed by atoms with Gasteiger partial charge in [-0.25, -0.2) is 19.3 Å². The number of para-hydroxylation sites is 1. The van der Waals surface area contributed by atoms with Crippen LogP contribution >= 0.6 is 0 Å². The summed E-state index contributed by atoms with van der Waals surface area (Å²) in [6.07, 6.45) is 1.78. The first-order valence-corrected chi connectivity index (χ1v) is 7.78. The molecule has 4 nitrogen and oxygen atoms in total. The van der Waals surface area contributed by atoms with E-state index in [0.29, 0.717) is 23.0 Å². The summed E-state index contributed by atoms with van der Waals surface area (Å²) >= 11 is 0. The molecule has 0 spiro atoms. The second kappa shape index (κ2) is 6.28. The highest BCUT2D eigenvalue weighted by atomic mass is 19.1. The second-order valence-corrected chi connectivity index (χ2v) is 5.51. The van der Waals surface area contributed by atoms with Crippen molar-refractivity contribution in [3.8, 4) is 28.5 Å². The van der Waals surface area contributed by atoms with Gasteiger partial charge in [0, 0.05) is 17.1 Å². The third-order valence-corrected chi connectivity index (χ3v) is 3.91. The topological polar surface area (TPSA) is 47.9 Å². The van der Waals surface area contributed by atoms with Crippen LogP contribution in [0.1, 0.15) is 0 Å². The number of methoxy groups -OCH3 is 1. The van der Waals surface area contributed by atoms with Crippen LogP contribution in [-0.2, 0) is 0 Å². The normalized spacial score (nSPS) is 10.8. The van der Waals surface area contributed by atoms with Gasteiger partial charge in [0.05, 0.1) is 12.6 Å². The Labute approximate surface area is 144 Å². The summed E-state index contributed by atoms with van der Waals surface area (Å²) in [7, 11) is 1.58. The van der Waals surface area contributed by atoms with Crippen molar-refractivity contribution in [2.75, 3.05) is 7.11 Å². The van der Waals surface area contributed by atoms with E-state index in [1.807, 2.05) is 36.4 Å². The Morgan fingerprint density at radius 1 is 0.880 bits per heavy atom. The minimum Gasteiger partial charge on any atom is -0.494 e. The molecular weight excluding hydrogens is 317 g/mol. The average Bonchev–Trinajstić information content (AvgIpc) is 2.68. The number of pyridine rings is 1. The fourth-order valence-corrected chi connectivity index (χ4v) is 2.65. The molecule has 0 N–H and O–H groups in total. The Hall–Kier alpha value is -3.34. The Kier molecular flexibility index (Phi) is 3.82. The van der Waals surface area contributed by atoms with Gasteiger partial charge in [-0.05, 0) is 42.5 Å². The fraction of sp³-hybridized carbons (Fsp3) is 0.0500. The molecule has 0 aliphatic rings. The molecule has 25 heavy (non-hydrogen) atoms. The quantitative estimate of drug-likeness (QED) is 0.554. The van der Waals surface area contributed by atoms with E-state index in [4.69, 9.17) is 4.74 Å². The third kappa shape index (κ3) is 2.92. The average molecular weight is 331 g/mol. The lowest BCUT2D eigenvalue weighted by molar-refractivity contribution is 0.415. The molecular formula is C20H14FN3O. The molecule has 0 bridgehead atoms. The van der Waals surface area contributed by atoms with Gasteiger partial charge in [0.15, 0.2) is 5.82 Å². The lowest BCUT2D eigenvalue weighted by atomic mass is 10.1. The van der Waals surface area contributed by atoms with E-state index in [1.165, 1.54) is 12.1 Å². The molecule has 2 heterocycles. The molecule has 0 radical (unpaired) electrons. The van der Waals surface area contributed by atoms with Crippen LogP contribution in [0.25, 0.3) is 33.7 Å². The number of hydrogen-bond donors (Lipinski definition) is 0. The Balaban J connectivity index is 1.84. The first-order chi connectivity index (χ1) is 12.2. The first-order valence-electron chi connectivity index (χ1n) is 7.78. The van der Waals surface area contributed by atoms with Crippen molar-refractivity contribution in [2.24, 2.45) is 0 Å². The van der Waals surface area contributed by atoms with Crippen molar-refractivity contribution < 1.29 is 9.13 Å². The zero-order chi connectivity index (χ0) is 17.2. The van der Waals surface area contributed by atoms with Crippen molar-refractivity contribution >= 4 is 10.9 Å². The highest BCUT2D eigenvalue weighted by Gasteiger charge is 2.12. The third-order valence-electron chi connectivity index (χ3n) is 3.91. The molecule has 0 fully saturated rings. The monoisotopic (exact) mass is 331 g/mol. The van der Waals surface area contributed by atoms with E-state index in [2.05, 4.69) is 15.0 Å². The van der Waals surface area contributed by atoms with Gasteiger partial charge in [-0.1, -0.05) is 18.2 Å². The van der Waals surface area contributed by atoms with Crippen LogP contribution < -0.4 is 4.74 Å². The van der Waals surface area contributed by atoms with Gasteiger partial charge in [-0.15, -0.1) is 0 Å². The largest absolute Gasteiger partial charge is 0.494 e. The lowest BCUT2D eigenvalue weighted by Gasteiger charge is -2.10. The summed E-state index contributed by atoms with van der Waals surface area (Å²) in [5.74, 6) is 0.845. The number of rotatable bonds is 3. The van der Waals surface area contributed by atoms with Gasteiger partial charge in [-0.2, -0.15) is 0 Å². The van der Waals surface area contributed by atoms with Crippen LogP contribution in [0.15, 0.2) is 66.9 Å². The van der Waals surface area contributed by atoms with Crippen molar-refractivity contribution in [2.45, 2.75) is 0 Å². The van der Waals surface area contributed by atoms with Crippen molar-refractivity contribution in [3.05, 3.63) is 72.7 Å². The zero-order valence-corrected chi connectivity index (χ0v) is 13.5. The summed E-state index contributed by atoms with van der Waals surface area (Å²) in [5.41, 5.74) is 2.87. The molecule has 0 aliphatic carbocycles. The molecule has 0 saturated heterocycles. The number of aromatic nitrogens is 3. The molecule has 0 atom stereocenters. The van der Waals surface area contributed by atoms with E-state index in [1.54, 1.807) is 25.4 Å². The Morgan fingerprint density at radius 2 is 1.68 bits per heavy atom. The molecule has 4 aromatic rings.